The Bertz CT molecular complexity index is 366. The zero-order valence-electron chi connectivity index (χ0n) is 9.47. The standard InChI is InChI=1S/C12H17N3O/c1-9-5-7-15(8-10(9)13)12(16)11-4-2-3-6-14-11/h2-4,6,9-10H,5,7-8,13H2,1H3. The van der Waals surface area contributed by atoms with Crippen LogP contribution in [0.2, 0.25) is 0 Å². The SMILES string of the molecule is CC1CCN(C(=O)c2ccccn2)CC1N. The van der Waals surface area contributed by atoms with Crippen LogP contribution in [0, 0.1) is 5.92 Å². The fourth-order valence-corrected chi connectivity index (χ4v) is 1.93. The summed E-state index contributed by atoms with van der Waals surface area (Å²) in [6.45, 7) is 3.55. The smallest absolute Gasteiger partial charge is 0.272 e. The molecule has 0 bridgehead atoms. The number of hydrogen-bond acceptors (Lipinski definition) is 3. The fraction of sp³-hybridized carbons (Fsp3) is 0.500. The van der Waals surface area contributed by atoms with Gasteiger partial charge >= 0.3 is 0 Å². The van der Waals surface area contributed by atoms with E-state index in [4.69, 9.17) is 5.73 Å². The van der Waals surface area contributed by atoms with Gasteiger partial charge in [0.25, 0.3) is 5.91 Å². The molecule has 2 N–H and O–H groups in total. The van der Waals surface area contributed by atoms with Crippen LogP contribution in [0.5, 0.6) is 0 Å². The third kappa shape index (κ3) is 2.22. The first-order valence-corrected chi connectivity index (χ1v) is 5.64. The van der Waals surface area contributed by atoms with Crippen LogP contribution in [-0.4, -0.2) is 34.9 Å². The van der Waals surface area contributed by atoms with Gasteiger partial charge in [-0.2, -0.15) is 0 Å². The van der Waals surface area contributed by atoms with E-state index in [1.807, 2.05) is 6.07 Å². The second-order valence-electron chi connectivity index (χ2n) is 4.40. The summed E-state index contributed by atoms with van der Waals surface area (Å²) < 4.78 is 0. The summed E-state index contributed by atoms with van der Waals surface area (Å²) in [6, 6.07) is 5.46. The molecule has 2 atom stereocenters. The van der Waals surface area contributed by atoms with Crippen molar-refractivity contribution >= 4 is 5.91 Å². The van der Waals surface area contributed by atoms with Gasteiger partial charge in [0, 0.05) is 25.3 Å². The maximum atomic E-state index is 12.1. The number of carbonyl (C=O) groups excluding carboxylic acids is 1. The number of likely N-dealkylation sites (tertiary alicyclic amines) is 1. The average molecular weight is 219 g/mol. The van der Waals surface area contributed by atoms with E-state index in [9.17, 15) is 4.79 Å². The van der Waals surface area contributed by atoms with E-state index in [0.29, 0.717) is 18.2 Å². The van der Waals surface area contributed by atoms with E-state index >= 15 is 0 Å². The Hall–Kier alpha value is -1.42. The first kappa shape index (κ1) is 11.1. The van der Waals surface area contributed by atoms with Crippen LogP contribution >= 0.6 is 0 Å². The summed E-state index contributed by atoms with van der Waals surface area (Å²) in [6.07, 6.45) is 2.61. The minimum absolute atomic E-state index is 0.0112. The molecule has 4 heteroatoms. The molecule has 0 aliphatic carbocycles. The molecule has 1 aliphatic rings. The van der Waals surface area contributed by atoms with Gasteiger partial charge in [0.05, 0.1) is 0 Å². The molecule has 0 aromatic carbocycles. The number of nitrogens with two attached hydrogens (primary N) is 1. The topological polar surface area (TPSA) is 59.2 Å². The first-order chi connectivity index (χ1) is 7.68. The van der Waals surface area contributed by atoms with Crippen LogP contribution in [0.15, 0.2) is 24.4 Å². The summed E-state index contributed by atoms with van der Waals surface area (Å²) in [7, 11) is 0. The molecule has 2 heterocycles. The molecular formula is C12H17N3O. The third-order valence-corrected chi connectivity index (χ3v) is 3.19. The normalized spacial score (nSPS) is 25.5. The Kier molecular flexibility index (Phi) is 3.19. The number of carbonyl (C=O) groups is 1. The van der Waals surface area contributed by atoms with E-state index in [2.05, 4.69) is 11.9 Å². The number of amides is 1. The van der Waals surface area contributed by atoms with E-state index < -0.39 is 0 Å². The predicted molar refractivity (Wildman–Crippen MR) is 61.9 cm³/mol. The van der Waals surface area contributed by atoms with Gasteiger partial charge in [-0.25, -0.2) is 0 Å². The van der Waals surface area contributed by atoms with Gasteiger partial charge in [0.2, 0.25) is 0 Å². The fourth-order valence-electron chi connectivity index (χ4n) is 1.93. The van der Waals surface area contributed by atoms with Crippen LogP contribution in [-0.2, 0) is 0 Å². The van der Waals surface area contributed by atoms with Crippen molar-refractivity contribution in [3.63, 3.8) is 0 Å². The van der Waals surface area contributed by atoms with Gasteiger partial charge in [-0.3, -0.25) is 9.78 Å². The highest BCUT2D eigenvalue weighted by atomic mass is 16.2. The number of aromatic nitrogens is 1. The molecular weight excluding hydrogens is 202 g/mol. The number of rotatable bonds is 1. The summed E-state index contributed by atoms with van der Waals surface area (Å²) in [4.78, 5) is 17.9. The Morgan fingerprint density at radius 1 is 1.56 bits per heavy atom. The van der Waals surface area contributed by atoms with Crippen molar-refractivity contribution in [3.8, 4) is 0 Å². The Morgan fingerprint density at radius 2 is 2.38 bits per heavy atom. The van der Waals surface area contributed by atoms with Crippen LogP contribution in [0.4, 0.5) is 0 Å². The van der Waals surface area contributed by atoms with Gasteiger partial charge in [-0.1, -0.05) is 13.0 Å². The first-order valence-electron chi connectivity index (χ1n) is 5.64. The van der Waals surface area contributed by atoms with Crippen LogP contribution in [0.3, 0.4) is 0 Å². The highest BCUT2D eigenvalue weighted by Crippen LogP contribution is 2.16. The summed E-state index contributed by atoms with van der Waals surface area (Å²) in [5.74, 6) is 0.482. The molecule has 4 nitrogen and oxygen atoms in total. The van der Waals surface area contributed by atoms with Crippen molar-refractivity contribution < 1.29 is 4.79 Å². The maximum Gasteiger partial charge on any atom is 0.272 e. The average Bonchev–Trinajstić information content (AvgIpc) is 2.33. The van der Waals surface area contributed by atoms with Crippen LogP contribution in [0.1, 0.15) is 23.8 Å². The van der Waals surface area contributed by atoms with Crippen molar-refractivity contribution in [3.05, 3.63) is 30.1 Å². The van der Waals surface area contributed by atoms with Gasteiger partial charge in [0.1, 0.15) is 5.69 Å². The number of pyridine rings is 1. The molecule has 1 aromatic heterocycles. The second-order valence-corrected chi connectivity index (χ2v) is 4.40. The molecule has 1 amide bonds. The largest absolute Gasteiger partial charge is 0.336 e. The summed E-state index contributed by atoms with van der Waals surface area (Å²) >= 11 is 0. The van der Waals surface area contributed by atoms with Crippen molar-refractivity contribution in [2.45, 2.75) is 19.4 Å². The van der Waals surface area contributed by atoms with Gasteiger partial charge in [-0.15, -0.1) is 0 Å². The van der Waals surface area contributed by atoms with E-state index in [-0.39, 0.29) is 11.9 Å². The number of nitrogens with zero attached hydrogens (tertiary/aromatic N) is 2. The van der Waals surface area contributed by atoms with Crippen molar-refractivity contribution in [2.75, 3.05) is 13.1 Å². The van der Waals surface area contributed by atoms with Gasteiger partial charge in [0.15, 0.2) is 0 Å². The minimum Gasteiger partial charge on any atom is -0.336 e. The molecule has 2 rings (SSSR count). The molecule has 1 fully saturated rings. The van der Waals surface area contributed by atoms with Crippen molar-refractivity contribution in [1.82, 2.24) is 9.88 Å². The summed E-state index contributed by atoms with van der Waals surface area (Å²) in [5, 5.41) is 0. The van der Waals surface area contributed by atoms with Crippen LogP contribution in [0.25, 0.3) is 0 Å². The molecule has 86 valence electrons. The quantitative estimate of drug-likeness (QED) is 0.763. The Labute approximate surface area is 95.5 Å². The number of hydrogen-bond donors (Lipinski definition) is 1. The van der Waals surface area contributed by atoms with Crippen molar-refractivity contribution in [1.29, 1.82) is 0 Å². The lowest BCUT2D eigenvalue weighted by atomic mass is 9.94. The maximum absolute atomic E-state index is 12.1. The lowest BCUT2D eigenvalue weighted by molar-refractivity contribution is 0.0666. The zero-order chi connectivity index (χ0) is 11.5. The third-order valence-electron chi connectivity index (χ3n) is 3.19. The van der Waals surface area contributed by atoms with Gasteiger partial charge in [-0.05, 0) is 24.5 Å². The molecule has 0 spiro atoms. The molecule has 1 aromatic rings. The summed E-state index contributed by atoms with van der Waals surface area (Å²) in [5.41, 5.74) is 6.47. The molecule has 1 aliphatic heterocycles. The highest BCUT2D eigenvalue weighted by molar-refractivity contribution is 5.92. The lowest BCUT2D eigenvalue weighted by Crippen LogP contribution is -2.49. The molecule has 2 unspecified atom stereocenters. The van der Waals surface area contributed by atoms with E-state index in [1.165, 1.54) is 0 Å². The minimum atomic E-state index is -0.0112. The molecule has 16 heavy (non-hydrogen) atoms. The zero-order valence-corrected chi connectivity index (χ0v) is 9.47. The predicted octanol–water partition coefficient (Wildman–Crippen LogP) is 0.891. The molecule has 0 saturated carbocycles. The lowest BCUT2D eigenvalue weighted by Gasteiger charge is -2.34. The van der Waals surface area contributed by atoms with E-state index in [0.717, 1.165) is 13.0 Å². The monoisotopic (exact) mass is 219 g/mol. The second kappa shape index (κ2) is 4.61. The van der Waals surface area contributed by atoms with Crippen molar-refractivity contribution in [2.24, 2.45) is 11.7 Å². The Morgan fingerprint density at radius 3 is 3.00 bits per heavy atom. The van der Waals surface area contributed by atoms with Gasteiger partial charge < -0.3 is 10.6 Å². The van der Waals surface area contributed by atoms with Crippen LogP contribution < -0.4 is 5.73 Å². The molecule has 0 radical (unpaired) electrons. The molecule has 1 saturated heterocycles. The number of piperidine rings is 1. The van der Waals surface area contributed by atoms with E-state index in [1.54, 1.807) is 23.2 Å². The Balaban J connectivity index is 2.06. The highest BCUT2D eigenvalue weighted by Gasteiger charge is 2.27.